The molecule has 5 nitrogen and oxygen atoms in total. The molecule has 0 saturated heterocycles. The molecule has 2 aromatic heterocycles. The van der Waals surface area contributed by atoms with Gasteiger partial charge in [0.25, 0.3) is 5.56 Å². The summed E-state index contributed by atoms with van der Waals surface area (Å²) in [4.78, 5) is 18.4. The fraction of sp³-hybridized carbons (Fsp3) is 0.154. The summed E-state index contributed by atoms with van der Waals surface area (Å²) in [6.07, 6.45) is 1.87. The minimum absolute atomic E-state index is 0.0717. The van der Waals surface area contributed by atoms with Crippen molar-refractivity contribution in [2.45, 2.75) is 20.5 Å². The molecular weight excluding hydrogens is 500 g/mol. The summed E-state index contributed by atoms with van der Waals surface area (Å²) in [5, 5.41) is 0. The highest BCUT2D eigenvalue weighted by Gasteiger charge is 2.14. The predicted octanol–water partition coefficient (Wildman–Crippen LogP) is 5.51. The maximum absolute atomic E-state index is 13.1. The minimum atomic E-state index is -0.0717. The Hall–Kier alpha value is -3.16. The van der Waals surface area contributed by atoms with E-state index in [-0.39, 0.29) is 5.56 Å². The van der Waals surface area contributed by atoms with Gasteiger partial charge in [-0.1, -0.05) is 53.3 Å². The minimum Gasteiger partial charge on any atom is -0.490 e. The number of hydrogen-bond acceptors (Lipinski definition) is 5. The standard InChI is InChI=1S/C26H21BrN2O3S/c1-3-31-22-13-18(12-19(27)24(22)32-15-17-8-6-7-16(2)11-17)14-23-25(30)29-21-10-5-4-9-20(21)28-26(29)33-23/h4-14H,3,15H2,1-2H3. The van der Waals surface area contributed by atoms with Crippen molar-refractivity contribution in [2.24, 2.45) is 0 Å². The number of benzene rings is 3. The van der Waals surface area contributed by atoms with Gasteiger partial charge >= 0.3 is 0 Å². The van der Waals surface area contributed by atoms with Crippen LogP contribution < -0.4 is 19.6 Å². The quantitative estimate of drug-likeness (QED) is 0.296. The SMILES string of the molecule is CCOc1cc(C=c2sc3nc4ccccc4n3c2=O)cc(Br)c1OCc1cccc(C)c1. The van der Waals surface area contributed by atoms with Crippen molar-refractivity contribution < 1.29 is 9.47 Å². The second kappa shape index (κ2) is 9.00. The zero-order valence-electron chi connectivity index (χ0n) is 18.2. The van der Waals surface area contributed by atoms with Gasteiger partial charge in [0.1, 0.15) is 6.61 Å². The van der Waals surface area contributed by atoms with E-state index in [1.807, 2.05) is 61.5 Å². The van der Waals surface area contributed by atoms with Crippen LogP contribution in [0.1, 0.15) is 23.6 Å². The summed E-state index contributed by atoms with van der Waals surface area (Å²) >= 11 is 5.01. The van der Waals surface area contributed by atoms with Crippen LogP contribution in [0, 0.1) is 6.92 Å². The molecule has 0 aliphatic carbocycles. The summed E-state index contributed by atoms with van der Waals surface area (Å²) in [5.41, 5.74) is 4.70. The first-order chi connectivity index (χ1) is 16.0. The molecule has 7 heteroatoms. The van der Waals surface area contributed by atoms with E-state index in [1.54, 1.807) is 4.40 Å². The highest BCUT2D eigenvalue weighted by atomic mass is 79.9. The number of aromatic nitrogens is 2. The number of halogens is 1. The number of fused-ring (bicyclic) bond motifs is 3. The van der Waals surface area contributed by atoms with E-state index in [0.29, 0.717) is 34.2 Å². The first-order valence-corrected chi connectivity index (χ1v) is 12.2. The summed E-state index contributed by atoms with van der Waals surface area (Å²) in [5.74, 6) is 1.27. The fourth-order valence-electron chi connectivity index (χ4n) is 3.80. The summed E-state index contributed by atoms with van der Waals surface area (Å²) in [6, 6.07) is 19.7. The molecular formula is C26H21BrN2O3S. The highest BCUT2D eigenvalue weighted by molar-refractivity contribution is 9.10. The second-order valence-electron chi connectivity index (χ2n) is 7.68. The summed E-state index contributed by atoms with van der Waals surface area (Å²) in [7, 11) is 0. The van der Waals surface area contributed by atoms with Crippen molar-refractivity contribution in [1.29, 1.82) is 0 Å². The van der Waals surface area contributed by atoms with Crippen LogP contribution in [0.5, 0.6) is 11.5 Å². The average molecular weight is 521 g/mol. The van der Waals surface area contributed by atoms with Crippen LogP contribution >= 0.6 is 27.3 Å². The molecule has 0 fully saturated rings. The maximum Gasteiger partial charge on any atom is 0.274 e. The van der Waals surface area contributed by atoms with Gasteiger partial charge in [0.2, 0.25) is 0 Å². The van der Waals surface area contributed by atoms with Gasteiger partial charge in [-0.3, -0.25) is 4.79 Å². The van der Waals surface area contributed by atoms with Crippen molar-refractivity contribution >= 4 is 49.3 Å². The lowest BCUT2D eigenvalue weighted by atomic mass is 10.1. The third kappa shape index (κ3) is 4.26. The highest BCUT2D eigenvalue weighted by Crippen LogP contribution is 2.37. The Labute approximate surface area is 203 Å². The molecule has 3 aromatic carbocycles. The number of hydrogen-bond donors (Lipinski definition) is 0. The van der Waals surface area contributed by atoms with E-state index >= 15 is 0 Å². The van der Waals surface area contributed by atoms with Crippen molar-refractivity contribution in [3.63, 3.8) is 0 Å². The molecule has 0 atom stereocenters. The number of nitrogens with zero attached hydrogens (tertiary/aromatic N) is 2. The number of para-hydroxylation sites is 2. The Bertz CT molecular complexity index is 1590. The molecule has 0 saturated carbocycles. The van der Waals surface area contributed by atoms with Crippen LogP contribution in [0.4, 0.5) is 0 Å². The number of rotatable bonds is 6. The molecule has 0 unspecified atom stereocenters. The maximum atomic E-state index is 13.1. The predicted molar refractivity (Wildman–Crippen MR) is 136 cm³/mol. The van der Waals surface area contributed by atoms with Gasteiger partial charge in [-0.15, -0.1) is 0 Å². The third-order valence-corrected chi connectivity index (χ3v) is 6.80. The van der Waals surface area contributed by atoms with Gasteiger partial charge in [-0.25, -0.2) is 9.38 Å². The molecule has 0 aliphatic heterocycles. The lowest BCUT2D eigenvalue weighted by Crippen LogP contribution is -2.22. The lowest BCUT2D eigenvalue weighted by molar-refractivity contribution is 0.267. The number of ether oxygens (including phenoxy) is 2. The number of aryl methyl sites for hydroxylation is 1. The second-order valence-corrected chi connectivity index (χ2v) is 9.54. The van der Waals surface area contributed by atoms with E-state index in [9.17, 15) is 4.79 Å². The van der Waals surface area contributed by atoms with E-state index in [4.69, 9.17) is 9.47 Å². The molecule has 5 aromatic rings. The van der Waals surface area contributed by atoms with Crippen LogP contribution in [0.25, 0.3) is 22.1 Å². The van der Waals surface area contributed by atoms with E-state index in [0.717, 1.165) is 26.6 Å². The molecule has 5 rings (SSSR count). The molecule has 0 amide bonds. The van der Waals surface area contributed by atoms with E-state index < -0.39 is 0 Å². The molecule has 0 N–H and O–H groups in total. The zero-order valence-corrected chi connectivity index (χ0v) is 20.6. The van der Waals surface area contributed by atoms with Crippen molar-refractivity contribution in [1.82, 2.24) is 9.38 Å². The normalized spacial score (nSPS) is 12.0. The van der Waals surface area contributed by atoms with Crippen LogP contribution in [-0.4, -0.2) is 16.0 Å². The first kappa shape index (κ1) is 21.7. The van der Waals surface area contributed by atoms with Gasteiger partial charge in [-0.2, -0.15) is 0 Å². The van der Waals surface area contributed by atoms with Gasteiger partial charge < -0.3 is 9.47 Å². The van der Waals surface area contributed by atoms with Crippen LogP contribution in [0.3, 0.4) is 0 Å². The van der Waals surface area contributed by atoms with Gasteiger partial charge in [0.05, 0.1) is 26.6 Å². The third-order valence-electron chi connectivity index (χ3n) is 5.24. The molecule has 2 heterocycles. The topological polar surface area (TPSA) is 52.8 Å². The smallest absolute Gasteiger partial charge is 0.274 e. The largest absolute Gasteiger partial charge is 0.490 e. The number of thiazole rings is 1. The first-order valence-electron chi connectivity index (χ1n) is 10.6. The number of imidazole rings is 1. The fourth-order valence-corrected chi connectivity index (χ4v) is 5.36. The lowest BCUT2D eigenvalue weighted by Gasteiger charge is -2.15. The van der Waals surface area contributed by atoms with Gasteiger partial charge in [-0.05, 0) is 71.2 Å². The van der Waals surface area contributed by atoms with Crippen molar-refractivity contribution in [3.05, 3.63) is 96.7 Å². The molecule has 0 spiro atoms. The van der Waals surface area contributed by atoms with E-state index in [2.05, 4.69) is 40.0 Å². The molecule has 0 bridgehead atoms. The average Bonchev–Trinajstić information content (AvgIpc) is 3.29. The van der Waals surface area contributed by atoms with Gasteiger partial charge in [0.15, 0.2) is 16.5 Å². The molecule has 166 valence electrons. The van der Waals surface area contributed by atoms with Crippen LogP contribution in [0.2, 0.25) is 0 Å². The zero-order chi connectivity index (χ0) is 22.9. The Morgan fingerprint density at radius 1 is 1.09 bits per heavy atom. The van der Waals surface area contributed by atoms with Crippen molar-refractivity contribution in [2.75, 3.05) is 6.61 Å². The Morgan fingerprint density at radius 3 is 2.76 bits per heavy atom. The molecule has 33 heavy (non-hydrogen) atoms. The van der Waals surface area contributed by atoms with Crippen LogP contribution in [-0.2, 0) is 6.61 Å². The Balaban J connectivity index is 1.53. The van der Waals surface area contributed by atoms with Gasteiger partial charge in [0, 0.05) is 0 Å². The summed E-state index contributed by atoms with van der Waals surface area (Å²) < 4.78 is 15.0. The Morgan fingerprint density at radius 2 is 1.94 bits per heavy atom. The summed E-state index contributed by atoms with van der Waals surface area (Å²) in [6.45, 7) is 4.93. The van der Waals surface area contributed by atoms with E-state index in [1.165, 1.54) is 16.9 Å². The van der Waals surface area contributed by atoms with Crippen LogP contribution in [0.15, 0.2) is 69.9 Å². The molecule has 0 radical (unpaired) electrons. The molecule has 0 aliphatic rings. The Kier molecular flexibility index (Phi) is 5.91. The monoisotopic (exact) mass is 520 g/mol. The van der Waals surface area contributed by atoms with Crippen molar-refractivity contribution in [3.8, 4) is 11.5 Å².